The second kappa shape index (κ2) is 5.17. The van der Waals surface area contributed by atoms with Crippen LogP contribution in [-0.4, -0.2) is 35.0 Å². The minimum atomic E-state index is -4.32. The van der Waals surface area contributed by atoms with Crippen molar-refractivity contribution in [3.63, 3.8) is 0 Å². The van der Waals surface area contributed by atoms with Gasteiger partial charge in [0.05, 0.1) is 13.1 Å². The molecule has 0 saturated heterocycles. The van der Waals surface area contributed by atoms with Crippen LogP contribution in [0.2, 0.25) is 0 Å². The van der Waals surface area contributed by atoms with E-state index in [1.165, 1.54) is 0 Å². The van der Waals surface area contributed by atoms with Crippen LogP contribution in [0.15, 0.2) is 6.07 Å². The number of aryl methyl sites for hydroxylation is 2. The Morgan fingerprint density at radius 2 is 2.18 bits per heavy atom. The van der Waals surface area contributed by atoms with Crippen LogP contribution < -0.4 is 10.6 Å². The first-order valence-electron chi connectivity index (χ1n) is 4.86. The summed E-state index contributed by atoms with van der Waals surface area (Å²) in [5.41, 5.74) is 0.837. The third-order valence-corrected chi connectivity index (χ3v) is 1.99. The Balaban J connectivity index is 2.35. The first-order chi connectivity index (χ1) is 7.78. The van der Waals surface area contributed by atoms with Crippen LogP contribution in [0, 0.1) is 6.92 Å². The maximum atomic E-state index is 11.8. The van der Waals surface area contributed by atoms with Gasteiger partial charge in [-0.25, -0.2) is 0 Å². The SMILES string of the molecule is Cc1cc(NC(=O)CNCC(F)(F)F)nn1C. The minimum absolute atomic E-state index is 0.323. The van der Waals surface area contributed by atoms with Crippen molar-refractivity contribution in [1.82, 2.24) is 15.1 Å². The van der Waals surface area contributed by atoms with Gasteiger partial charge in [0.1, 0.15) is 0 Å². The van der Waals surface area contributed by atoms with Gasteiger partial charge in [0.2, 0.25) is 5.91 Å². The van der Waals surface area contributed by atoms with Gasteiger partial charge in [-0.05, 0) is 6.92 Å². The highest BCUT2D eigenvalue weighted by atomic mass is 19.4. The van der Waals surface area contributed by atoms with Crippen LogP contribution in [0.25, 0.3) is 0 Å². The maximum Gasteiger partial charge on any atom is 0.401 e. The average molecular weight is 250 g/mol. The van der Waals surface area contributed by atoms with Gasteiger partial charge < -0.3 is 10.6 Å². The van der Waals surface area contributed by atoms with Gasteiger partial charge in [-0.15, -0.1) is 0 Å². The summed E-state index contributed by atoms with van der Waals surface area (Å²) in [7, 11) is 1.70. The van der Waals surface area contributed by atoms with E-state index in [2.05, 4.69) is 10.4 Å². The number of hydrogen-bond donors (Lipinski definition) is 2. The lowest BCUT2D eigenvalue weighted by Gasteiger charge is -2.07. The zero-order valence-corrected chi connectivity index (χ0v) is 9.43. The molecule has 1 heterocycles. The predicted molar refractivity (Wildman–Crippen MR) is 55.5 cm³/mol. The Bertz CT molecular complexity index is 380. The summed E-state index contributed by atoms with van der Waals surface area (Å²) in [4.78, 5) is 11.2. The van der Waals surface area contributed by atoms with Crippen molar-refractivity contribution in [3.05, 3.63) is 11.8 Å². The fraction of sp³-hybridized carbons (Fsp3) is 0.556. The average Bonchev–Trinajstić information content (AvgIpc) is 2.43. The number of hydrogen-bond acceptors (Lipinski definition) is 3. The van der Waals surface area contributed by atoms with Gasteiger partial charge >= 0.3 is 6.18 Å². The quantitative estimate of drug-likeness (QED) is 0.831. The lowest BCUT2D eigenvalue weighted by molar-refractivity contribution is -0.126. The molecular weight excluding hydrogens is 237 g/mol. The highest BCUT2D eigenvalue weighted by Crippen LogP contribution is 2.12. The molecular formula is C9H13F3N4O. The first kappa shape index (κ1) is 13.5. The van der Waals surface area contributed by atoms with Crippen molar-refractivity contribution >= 4 is 11.7 Å². The number of anilines is 1. The van der Waals surface area contributed by atoms with Crippen LogP contribution in [0.4, 0.5) is 19.0 Å². The number of carbonyl (C=O) groups excluding carboxylic acids is 1. The molecule has 1 aromatic heterocycles. The number of nitrogens with zero attached hydrogens (tertiary/aromatic N) is 2. The Morgan fingerprint density at radius 1 is 1.53 bits per heavy atom. The second-order valence-corrected chi connectivity index (χ2v) is 3.56. The van der Waals surface area contributed by atoms with E-state index in [9.17, 15) is 18.0 Å². The van der Waals surface area contributed by atoms with Crippen molar-refractivity contribution in [1.29, 1.82) is 0 Å². The fourth-order valence-electron chi connectivity index (χ4n) is 1.13. The third-order valence-electron chi connectivity index (χ3n) is 1.99. The lowest BCUT2D eigenvalue weighted by Crippen LogP contribution is -2.35. The van der Waals surface area contributed by atoms with Crippen LogP contribution in [0.5, 0.6) is 0 Å². The Hall–Kier alpha value is -1.57. The van der Waals surface area contributed by atoms with Crippen molar-refractivity contribution in [3.8, 4) is 0 Å². The fourth-order valence-corrected chi connectivity index (χ4v) is 1.13. The molecule has 0 aliphatic rings. The molecule has 0 bridgehead atoms. The van der Waals surface area contributed by atoms with Crippen molar-refractivity contribution in [2.45, 2.75) is 13.1 Å². The number of halogens is 3. The summed E-state index contributed by atoms with van der Waals surface area (Å²) in [6.45, 7) is 0.196. The molecule has 0 radical (unpaired) electrons. The summed E-state index contributed by atoms with van der Waals surface area (Å²) in [5.74, 6) is -0.240. The molecule has 8 heteroatoms. The second-order valence-electron chi connectivity index (χ2n) is 3.56. The van der Waals surface area contributed by atoms with E-state index in [1.807, 2.05) is 5.32 Å². The lowest BCUT2D eigenvalue weighted by atomic mass is 10.4. The number of amides is 1. The molecule has 0 aliphatic heterocycles. The Labute approximate surface area is 96.0 Å². The molecule has 0 spiro atoms. The topological polar surface area (TPSA) is 59.0 Å². The summed E-state index contributed by atoms with van der Waals surface area (Å²) < 4.78 is 36.9. The van der Waals surface area contributed by atoms with E-state index in [1.54, 1.807) is 24.7 Å². The maximum absolute atomic E-state index is 11.8. The molecule has 0 aromatic carbocycles. The van der Waals surface area contributed by atoms with E-state index in [0.717, 1.165) is 5.69 Å². The molecule has 0 atom stereocenters. The number of aromatic nitrogens is 2. The predicted octanol–water partition coefficient (Wildman–Crippen LogP) is 0.819. The number of nitrogens with one attached hydrogen (secondary N) is 2. The van der Waals surface area contributed by atoms with Gasteiger partial charge in [0.25, 0.3) is 0 Å². The Morgan fingerprint density at radius 3 is 2.65 bits per heavy atom. The molecule has 96 valence electrons. The zero-order chi connectivity index (χ0) is 13.1. The highest BCUT2D eigenvalue weighted by Gasteiger charge is 2.26. The van der Waals surface area contributed by atoms with Gasteiger partial charge in [-0.3, -0.25) is 9.48 Å². The third kappa shape index (κ3) is 4.85. The van der Waals surface area contributed by atoms with Crippen LogP contribution in [0.1, 0.15) is 5.69 Å². The smallest absolute Gasteiger partial charge is 0.308 e. The molecule has 1 amide bonds. The summed E-state index contributed by atoms with van der Waals surface area (Å²) in [6.07, 6.45) is -4.32. The highest BCUT2D eigenvalue weighted by molar-refractivity contribution is 5.91. The van der Waals surface area contributed by atoms with Crippen molar-refractivity contribution < 1.29 is 18.0 Å². The van der Waals surface area contributed by atoms with Crippen molar-refractivity contribution in [2.75, 3.05) is 18.4 Å². The molecule has 5 nitrogen and oxygen atoms in total. The van der Waals surface area contributed by atoms with E-state index < -0.39 is 25.2 Å². The van der Waals surface area contributed by atoms with E-state index in [4.69, 9.17) is 0 Å². The minimum Gasteiger partial charge on any atom is -0.308 e. The molecule has 0 aliphatic carbocycles. The van der Waals surface area contributed by atoms with E-state index in [0.29, 0.717) is 5.82 Å². The zero-order valence-electron chi connectivity index (χ0n) is 9.43. The summed E-state index contributed by atoms with van der Waals surface area (Å²) in [6, 6.07) is 1.63. The molecule has 17 heavy (non-hydrogen) atoms. The van der Waals surface area contributed by atoms with Gasteiger partial charge in [0, 0.05) is 18.8 Å². The normalized spacial score (nSPS) is 11.6. The van der Waals surface area contributed by atoms with Crippen LogP contribution >= 0.6 is 0 Å². The molecule has 0 saturated carbocycles. The molecule has 2 N–H and O–H groups in total. The molecule has 1 rings (SSSR count). The van der Waals surface area contributed by atoms with Gasteiger partial charge in [-0.2, -0.15) is 18.3 Å². The Kier molecular flexibility index (Phi) is 4.11. The van der Waals surface area contributed by atoms with Gasteiger partial charge in [0.15, 0.2) is 5.82 Å². The van der Waals surface area contributed by atoms with Crippen LogP contribution in [0.3, 0.4) is 0 Å². The summed E-state index contributed by atoms with van der Waals surface area (Å²) >= 11 is 0. The van der Waals surface area contributed by atoms with E-state index >= 15 is 0 Å². The number of rotatable bonds is 4. The van der Waals surface area contributed by atoms with Crippen LogP contribution in [-0.2, 0) is 11.8 Å². The number of alkyl halides is 3. The van der Waals surface area contributed by atoms with Gasteiger partial charge in [-0.1, -0.05) is 0 Å². The standard InChI is InChI=1S/C9H13F3N4O/c1-6-3-7(15-16(6)2)14-8(17)4-13-5-9(10,11)12/h3,13H,4-5H2,1-2H3,(H,14,15,17). The van der Waals surface area contributed by atoms with E-state index in [-0.39, 0.29) is 0 Å². The monoisotopic (exact) mass is 250 g/mol. The first-order valence-corrected chi connectivity index (χ1v) is 4.86. The molecule has 0 fully saturated rings. The largest absolute Gasteiger partial charge is 0.401 e. The van der Waals surface area contributed by atoms with Crippen molar-refractivity contribution in [2.24, 2.45) is 7.05 Å². The number of carbonyl (C=O) groups is 1. The summed E-state index contributed by atoms with van der Waals surface area (Å²) in [5, 5.41) is 8.33. The molecule has 1 aromatic rings. The molecule has 0 unspecified atom stereocenters.